The van der Waals surface area contributed by atoms with Gasteiger partial charge in [-0.2, -0.15) is 10.5 Å². The molecule has 18 heteroatoms. The molecule has 4 aromatic rings. The first-order chi connectivity index (χ1) is 20.7. The number of nitriles is 2. The zero-order chi connectivity index (χ0) is 33.4. The Morgan fingerprint density at radius 3 is 1.07 bits per heavy atom. The Hall–Kier alpha value is -3.68. The predicted octanol–water partition coefficient (Wildman–Crippen LogP) is -4.40. The van der Waals surface area contributed by atoms with Gasteiger partial charge in [0.25, 0.3) is 0 Å². The number of rotatable bonds is 7. The molecule has 15 nitrogen and oxygen atoms in total. The minimum Gasteiger partial charge on any atom is -0.278 e. The van der Waals surface area contributed by atoms with Gasteiger partial charge in [-0.05, 0) is 48.5 Å². The summed E-state index contributed by atoms with van der Waals surface area (Å²) in [4.78, 5) is 20.6. The summed E-state index contributed by atoms with van der Waals surface area (Å²) in [7, 11) is -9.89. The summed E-state index contributed by atoms with van der Waals surface area (Å²) in [5.41, 5.74) is 3.90. The summed E-state index contributed by atoms with van der Waals surface area (Å²) < 4.78 is 67.9. The quantitative estimate of drug-likeness (QED) is 0.164. The van der Waals surface area contributed by atoms with E-state index in [9.17, 15) is 0 Å². The van der Waals surface area contributed by atoms with Crippen LogP contribution in [0.5, 0.6) is 0 Å². The molecule has 0 amide bonds. The van der Waals surface area contributed by atoms with Crippen molar-refractivity contribution >= 4 is 0 Å². The van der Waals surface area contributed by atoms with Crippen molar-refractivity contribution in [1.82, 2.24) is 24.8 Å². The van der Waals surface area contributed by atoms with E-state index in [2.05, 4.69) is 24.8 Å². The zero-order valence-electron chi connectivity index (χ0n) is 23.7. The van der Waals surface area contributed by atoms with Crippen molar-refractivity contribution in [2.24, 2.45) is 0 Å². The molecule has 0 aliphatic heterocycles. The number of aromatic nitrogens is 4. The number of hydrogen-bond acceptors (Lipinski definition) is 15. The Morgan fingerprint density at radius 2 is 0.844 bits per heavy atom. The van der Waals surface area contributed by atoms with Crippen molar-refractivity contribution in [2.75, 3.05) is 0 Å². The molecule has 0 saturated heterocycles. The standard InChI is InChI=1S/C23H21N5.2C2H3N.2ClHO4.Fe/c1-5-13-24-19(9-1)17-28(18-20-10-2-6-14-25-20)23(21-11-3-7-15-26-21)22-12-4-8-16-27-22;2*1-2-3;2*2-1(3,4)5;/h1-16,23H,17-18H2;2*1H3;2*(H,2,3,4,5);/q;;;;;+2/p-2. The fourth-order valence-corrected chi connectivity index (χ4v) is 3.24. The van der Waals surface area contributed by atoms with E-state index in [4.69, 9.17) is 47.8 Å². The first-order valence-corrected chi connectivity index (χ1v) is 14.4. The van der Waals surface area contributed by atoms with Gasteiger partial charge < -0.3 is 0 Å². The molecule has 4 heterocycles. The van der Waals surface area contributed by atoms with Crippen LogP contribution in [0.2, 0.25) is 0 Å². The molecule has 0 saturated carbocycles. The summed E-state index contributed by atoms with van der Waals surface area (Å²) in [6.45, 7) is 4.18. The topological polar surface area (TPSA) is 287 Å². The molecule has 4 aromatic heterocycles. The van der Waals surface area contributed by atoms with Crippen LogP contribution in [0, 0.1) is 43.1 Å². The first-order valence-electron chi connectivity index (χ1n) is 11.9. The van der Waals surface area contributed by atoms with Crippen LogP contribution in [0.4, 0.5) is 0 Å². The zero-order valence-corrected chi connectivity index (χ0v) is 26.4. The predicted molar refractivity (Wildman–Crippen MR) is 131 cm³/mol. The Labute approximate surface area is 274 Å². The van der Waals surface area contributed by atoms with E-state index in [1.165, 1.54) is 13.8 Å². The van der Waals surface area contributed by atoms with Crippen molar-refractivity contribution < 1.29 is 74.8 Å². The summed E-state index contributed by atoms with van der Waals surface area (Å²) in [5, 5.41) is 14.6. The second-order valence-corrected chi connectivity index (χ2v) is 9.17. The van der Waals surface area contributed by atoms with Crippen LogP contribution < -0.4 is 37.3 Å². The van der Waals surface area contributed by atoms with Crippen molar-refractivity contribution in [3.63, 3.8) is 0 Å². The molecule has 0 unspecified atom stereocenters. The van der Waals surface area contributed by atoms with Crippen molar-refractivity contribution in [2.45, 2.75) is 33.0 Å². The number of nitrogens with zero attached hydrogens (tertiary/aromatic N) is 7. The molecule has 0 atom stereocenters. The number of hydrogen-bond donors (Lipinski definition) is 0. The molecule has 0 N–H and O–H groups in total. The van der Waals surface area contributed by atoms with Crippen LogP contribution in [0.15, 0.2) is 97.6 Å². The van der Waals surface area contributed by atoms with Crippen LogP contribution in [0.1, 0.15) is 42.7 Å². The van der Waals surface area contributed by atoms with Crippen molar-refractivity contribution in [3.05, 3.63) is 120 Å². The Morgan fingerprint density at radius 1 is 0.578 bits per heavy atom. The molecule has 0 fully saturated rings. The molecule has 0 bridgehead atoms. The molecular formula is C27H27Cl2FeN7O8. The third kappa shape index (κ3) is 25.4. The van der Waals surface area contributed by atoms with Gasteiger partial charge >= 0.3 is 17.1 Å². The molecule has 0 radical (unpaired) electrons. The van der Waals surface area contributed by atoms with Gasteiger partial charge in [0.2, 0.25) is 0 Å². The Bertz CT molecular complexity index is 1250. The molecule has 0 aliphatic rings. The normalized spacial score (nSPS) is 9.91. The monoisotopic (exact) mass is 703 g/mol. The SMILES string of the molecule is CC#N.CC#N.[Fe+2].[O-][Cl+3]([O-])([O-])[O-].[O-][Cl+3]([O-])([O-])[O-].c1ccc(CN(Cc2ccccn2)C(c2ccccn2)c2ccccn2)nc1. The van der Waals surface area contributed by atoms with Gasteiger partial charge in [-0.15, -0.1) is 20.5 Å². The first kappa shape index (κ1) is 43.4. The molecule has 45 heavy (non-hydrogen) atoms. The molecule has 0 aliphatic carbocycles. The maximum Gasteiger partial charge on any atom is 2.00 e. The van der Waals surface area contributed by atoms with Crippen LogP contribution in [0.3, 0.4) is 0 Å². The van der Waals surface area contributed by atoms with Gasteiger partial charge in [0.1, 0.15) is 0 Å². The minimum absolute atomic E-state index is 0. The largest absolute Gasteiger partial charge is 2.00 e. The minimum atomic E-state index is -4.94. The molecule has 240 valence electrons. The molecule has 0 spiro atoms. The maximum absolute atomic E-state index is 8.49. The van der Waals surface area contributed by atoms with Gasteiger partial charge in [0.05, 0.1) is 41.0 Å². The Balaban J connectivity index is 0. The average molecular weight is 704 g/mol. The third-order valence-corrected chi connectivity index (χ3v) is 4.48. The van der Waals surface area contributed by atoms with Crippen LogP contribution in [-0.4, -0.2) is 24.8 Å². The second kappa shape index (κ2) is 24.6. The third-order valence-electron chi connectivity index (χ3n) is 4.48. The van der Waals surface area contributed by atoms with E-state index in [0.29, 0.717) is 13.1 Å². The summed E-state index contributed by atoms with van der Waals surface area (Å²) >= 11 is 0. The Kier molecular flexibility index (Phi) is 23.8. The van der Waals surface area contributed by atoms with E-state index in [1.54, 1.807) is 12.1 Å². The number of halogens is 2. The number of pyridine rings is 4. The summed E-state index contributed by atoms with van der Waals surface area (Å²) in [6, 6.07) is 27.3. The summed E-state index contributed by atoms with van der Waals surface area (Å²) in [6.07, 6.45) is 7.30. The van der Waals surface area contributed by atoms with E-state index < -0.39 is 20.5 Å². The molecule has 4 rings (SSSR count). The fraction of sp³-hybridized carbons (Fsp3) is 0.185. The van der Waals surface area contributed by atoms with Crippen molar-refractivity contribution in [3.8, 4) is 12.1 Å². The van der Waals surface area contributed by atoms with Gasteiger partial charge in [-0.25, -0.2) is 37.3 Å². The van der Waals surface area contributed by atoms with Gasteiger partial charge in [0.15, 0.2) is 0 Å². The van der Waals surface area contributed by atoms with E-state index >= 15 is 0 Å². The van der Waals surface area contributed by atoms with Gasteiger partial charge in [0, 0.05) is 51.7 Å². The van der Waals surface area contributed by atoms with Crippen molar-refractivity contribution in [1.29, 1.82) is 10.5 Å². The average Bonchev–Trinajstić information content (AvgIpc) is 2.95. The smallest absolute Gasteiger partial charge is 0.278 e. The maximum atomic E-state index is 8.49. The molecular weight excluding hydrogens is 677 g/mol. The van der Waals surface area contributed by atoms with Gasteiger partial charge in [-0.3, -0.25) is 24.8 Å². The molecule has 0 aromatic carbocycles. The van der Waals surface area contributed by atoms with Gasteiger partial charge in [-0.1, -0.05) is 24.3 Å². The summed E-state index contributed by atoms with van der Waals surface area (Å²) in [5.74, 6) is 0. The fourth-order valence-electron chi connectivity index (χ4n) is 3.24. The van der Waals surface area contributed by atoms with Crippen LogP contribution in [-0.2, 0) is 30.2 Å². The second-order valence-electron chi connectivity index (χ2n) is 7.66. The van der Waals surface area contributed by atoms with E-state index in [0.717, 1.165) is 22.8 Å². The van der Waals surface area contributed by atoms with E-state index in [-0.39, 0.29) is 23.1 Å². The van der Waals surface area contributed by atoms with Crippen LogP contribution >= 0.6 is 0 Å². The van der Waals surface area contributed by atoms with Crippen LogP contribution in [0.25, 0.3) is 0 Å². The van der Waals surface area contributed by atoms with E-state index in [1.807, 2.05) is 97.6 Å².